The Morgan fingerprint density at radius 1 is 1.35 bits per heavy atom. The van der Waals surface area contributed by atoms with Gasteiger partial charge in [0.1, 0.15) is 6.10 Å². The van der Waals surface area contributed by atoms with Crippen molar-refractivity contribution in [1.82, 2.24) is 0 Å². The molecule has 1 amide bonds. The van der Waals surface area contributed by atoms with Gasteiger partial charge in [-0.05, 0) is 49.1 Å². The molecule has 3 atom stereocenters. The summed E-state index contributed by atoms with van der Waals surface area (Å²) >= 11 is 11.7. The Bertz CT molecular complexity index is 577. The van der Waals surface area contributed by atoms with Crippen molar-refractivity contribution >= 4 is 35.0 Å². The van der Waals surface area contributed by atoms with Crippen LogP contribution in [0.1, 0.15) is 40.0 Å². The van der Waals surface area contributed by atoms with Gasteiger partial charge in [-0.15, -0.1) is 0 Å². The molecule has 1 fully saturated rings. The molecule has 0 spiro atoms. The highest BCUT2D eigenvalue weighted by Crippen LogP contribution is 2.37. The number of nitrogens with one attached hydrogen (secondary N) is 1. The van der Waals surface area contributed by atoms with Crippen LogP contribution in [0.15, 0.2) is 12.1 Å². The topological polar surface area (TPSA) is 58.6 Å². The molecule has 23 heavy (non-hydrogen) atoms. The van der Waals surface area contributed by atoms with E-state index in [0.29, 0.717) is 22.8 Å². The fourth-order valence-corrected chi connectivity index (χ4v) is 3.51. The van der Waals surface area contributed by atoms with Gasteiger partial charge in [0.25, 0.3) is 0 Å². The van der Waals surface area contributed by atoms with Crippen LogP contribution in [0.3, 0.4) is 0 Å². The van der Waals surface area contributed by atoms with Gasteiger partial charge in [0, 0.05) is 5.02 Å². The second-order valence-corrected chi connectivity index (χ2v) is 7.49. The van der Waals surface area contributed by atoms with Gasteiger partial charge in [-0.1, -0.05) is 44.0 Å². The minimum Gasteiger partial charge on any atom is -0.504 e. The van der Waals surface area contributed by atoms with Crippen molar-refractivity contribution in [2.45, 2.75) is 46.1 Å². The maximum Gasteiger partial charge on any atom is 0.412 e. The van der Waals surface area contributed by atoms with Crippen LogP contribution in [0.4, 0.5) is 10.5 Å². The molecule has 0 radical (unpaired) electrons. The van der Waals surface area contributed by atoms with E-state index in [1.54, 1.807) is 0 Å². The molecular weight excluding hydrogens is 337 g/mol. The Kier molecular flexibility index (Phi) is 6.04. The molecule has 1 aromatic rings. The molecule has 2 rings (SSSR count). The van der Waals surface area contributed by atoms with Crippen LogP contribution < -0.4 is 5.32 Å². The van der Waals surface area contributed by atoms with E-state index in [2.05, 4.69) is 26.1 Å². The molecule has 6 heteroatoms. The highest BCUT2D eigenvalue weighted by atomic mass is 35.5. The van der Waals surface area contributed by atoms with Crippen molar-refractivity contribution in [2.24, 2.45) is 17.8 Å². The normalized spacial score (nSPS) is 24.5. The van der Waals surface area contributed by atoms with E-state index in [-0.39, 0.29) is 22.6 Å². The van der Waals surface area contributed by atoms with Gasteiger partial charge in [-0.2, -0.15) is 0 Å². The highest BCUT2D eigenvalue weighted by Gasteiger charge is 2.32. The summed E-state index contributed by atoms with van der Waals surface area (Å²) in [7, 11) is 0. The lowest BCUT2D eigenvalue weighted by molar-refractivity contribution is 0.0246. The third-order valence-electron chi connectivity index (χ3n) is 4.63. The summed E-state index contributed by atoms with van der Waals surface area (Å²) in [6.07, 6.45) is 2.38. The highest BCUT2D eigenvalue weighted by molar-refractivity contribution is 6.36. The molecule has 2 N–H and O–H groups in total. The Morgan fingerprint density at radius 2 is 2.04 bits per heavy atom. The SMILES string of the molecule is CC(C)C1CC[C@@H](C)[C@@H](OC(=O)Nc2cc(Cl)cc(Cl)c2O)C1. The molecule has 1 saturated carbocycles. The number of halogens is 2. The van der Waals surface area contributed by atoms with Crippen molar-refractivity contribution < 1.29 is 14.6 Å². The van der Waals surface area contributed by atoms with E-state index in [9.17, 15) is 9.90 Å². The summed E-state index contributed by atoms with van der Waals surface area (Å²) in [6, 6.07) is 2.84. The van der Waals surface area contributed by atoms with Gasteiger partial charge >= 0.3 is 6.09 Å². The number of amides is 1. The van der Waals surface area contributed by atoms with E-state index < -0.39 is 6.09 Å². The van der Waals surface area contributed by atoms with Crippen molar-refractivity contribution in [3.63, 3.8) is 0 Å². The summed E-state index contributed by atoms with van der Waals surface area (Å²) < 4.78 is 5.58. The minimum atomic E-state index is -0.597. The zero-order chi connectivity index (χ0) is 17.1. The summed E-state index contributed by atoms with van der Waals surface area (Å²) in [4.78, 5) is 12.1. The lowest BCUT2D eigenvalue weighted by atomic mass is 9.76. The number of hydrogen-bond donors (Lipinski definition) is 2. The number of ether oxygens (including phenoxy) is 1. The zero-order valence-corrected chi connectivity index (χ0v) is 15.1. The number of rotatable bonds is 3. The molecule has 4 nitrogen and oxygen atoms in total. The summed E-state index contributed by atoms with van der Waals surface area (Å²) in [5.41, 5.74) is 0.149. The average Bonchev–Trinajstić information content (AvgIpc) is 2.46. The third-order valence-corrected chi connectivity index (χ3v) is 5.13. The van der Waals surface area contributed by atoms with Gasteiger partial charge in [0.2, 0.25) is 0 Å². The van der Waals surface area contributed by atoms with Crippen LogP contribution in [-0.4, -0.2) is 17.3 Å². The second kappa shape index (κ2) is 7.63. The fourth-order valence-electron chi connectivity index (χ4n) is 3.02. The number of anilines is 1. The molecule has 1 aliphatic carbocycles. The standard InChI is InChI=1S/C17H23Cl2NO3/c1-9(2)11-5-4-10(3)15(6-11)23-17(22)20-14-8-12(18)7-13(19)16(14)21/h7-11,15,21H,4-6H2,1-3H3,(H,20,22)/t10-,11?,15+/m1/s1. The smallest absolute Gasteiger partial charge is 0.412 e. The largest absolute Gasteiger partial charge is 0.504 e. The van der Waals surface area contributed by atoms with Gasteiger partial charge in [0.15, 0.2) is 5.75 Å². The van der Waals surface area contributed by atoms with Crippen molar-refractivity contribution in [2.75, 3.05) is 5.32 Å². The van der Waals surface area contributed by atoms with Crippen molar-refractivity contribution in [3.05, 3.63) is 22.2 Å². The summed E-state index contributed by atoms with van der Waals surface area (Å²) in [6.45, 7) is 6.50. The number of phenolic OH excluding ortho intramolecular Hbond substituents is 1. The molecule has 1 aromatic carbocycles. The maximum absolute atomic E-state index is 12.1. The monoisotopic (exact) mass is 359 g/mol. The predicted molar refractivity (Wildman–Crippen MR) is 93.4 cm³/mol. The summed E-state index contributed by atoms with van der Waals surface area (Å²) in [5, 5.41) is 12.8. The lowest BCUT2D eigenvalue weighted by Gasteiger charge is -2.35. The number of carbonyl (C=O) groups excluding carboxylic acids is 1. The zero-order valence-electron chi connectivity index (χ0n) is 13.6. The van der Waals surface area contributed by atoms with E-state index in [0.717, 1.165) is 12.8 Å². The maximum atomic E-state index is 12.1. The Hall–Kier alpha value is -1.13. The van der Waals surface area contributed by atoms with Crippen LogP contribution in [-0.2, 0) is 4.74 Å². The van der Waals surface area contributed by atoms with Crippen molar-refractivity contribution in [3.8, 4) is 5.75 Å². The number of hydrogen-bond acceptors (Lipinski definition) is 3. The van der Waals surface area contributed by atoms with Crippen molar-refractivity contribution in [1.29, 1.82) is 0 Å². The van der Waals surface area contributed by atoms with Gasteiger partial charge in [0.05, 0.1) is 10.7 Å². The second-order valence-electron chi connectivity index (χ2n) is 6.65. The van der Waals surface area contributed by atoms with Crippen LogP contribution >= 0.6 is 23.2 Å². The van der Waals surface area contributed by atoms with E-state index >= 15 is 0 Å². The predicted octanol–water partition coefficient (Wildman–Crippen LogP) is 5.71. The minimum absolute atomic E-state index is 0.0821. The molecule has 1 unspecified atom stereocenters. The molecule has 0 heterocycles. The number of benzene rings is 1. The first-order chi connectivity index (χ1) is 10.8. The van der Waals surface area contributed by atoms with Crippen LogP contribution in [0.5, 0.6) is 5.75 Å². The number of carbonyl (C=O) groups is 1. The first-order valence-corrected chi connectivity index (χ1v) is 8.69. The fraction of sp³-hybridized carbons (Fsp3) is 0.588. The van der Waals surface area contributed by atoms with E-state index in [4.69, 9.17) is 27.9 Å². The van der Waals surface area contributed by atoms with Gasteiger partial charge in [-0.25, -0.2) is 4.79 Å². The van der Waals surface area contributed by atoms with Gasteiger partial charge in [-0.3, -0.25) is 5.32 Å². The van der Waals surface area contributed by atoms with E-state index in [1.165, 1.54) is 18.6 Å². The Labute approximate surface area is 147 Å². The van der Waals surface area contributed by atoms with Crippen LogP contribution in [0.2, 0.25) is 10.0 Å². The Balaban J connectivity index is 2.01. The van der Waals surface area contributed by atoms with Gasteiger partial charge < -0.3 is 9.84 Å². The number of phenols is 1. The molecule has 128 valence electrons. The average molecular weight is 360 g/mol. The molecule has 0 aliphatic heterocycles. The van der Waals surface area contributed by atoms with E-state index in [1.807, 2.05) is 0 Å². The molecule has 0 aromatic heterocycles. The third kappa shape index (κ3) is 4.67. The lowest BCUT2D eigenvalue weighted by Crippen LogP contribution is -2.35. The first-order valence-electron chi connectivity index (χ1n) is 7.93. The first kappa shape index (κ1) is 18.2. The number of aromatic hydroxyl groups is 1. The van der Waals surface area contributed by atoms with Crippen LogP contribution in [0, 0.1) is 17.8 Å². The Morgan fingerprint density at radius 3 is 2.70 bits per heavy atom. The quantitative estimate of drug-likeness (QED) is 0.679. The molecule has 0 saturated heterocycles. The summed E-state index contributed by atoms with van der Waals surface area (Å²) in [5.74, 6) is 1.25. The molecular formula is C17H23Cl2NO3. The molecule has 1 aliphatic rings. The molecule has 0 bridgehead atoms. The van der Waals surface area contributed by atoms with Crippen LogP contribution in [0.25, 0.3) is 0 Å².